The lowest BCUT2D eigenvalue weighted by atomic mass is 10.1. The summed E-state index contributed by atoms with van der Waals surface area (Å²) in [6.07, 6.45) is 2.78. The van der Waals surface area contributed by atoms with Crippen LogP contribution in [0.15, 0.2) is 53.7 Å². The number of hydrogen-bond donors (Lipinski definition) is 2. The predicted octanol–water partition coefficient (Wildman–Crippen LogP) is 3.33. The molecule has 1 unspecified atom stereocenters. The van der Waals surface area contributed by atoms with Crippen molar-refractivity contribution in [3.8, 4) is 5.88 Å². The number of hydrogen-bond acceptors (Lipinski definition) is 5. The van der Waals surface area contributed by atoms with Gasteiger partial charge in [-0.2, -0.15) is 0 Å². The van der Waals surface area contributed by atoms with E-state index in [0.717, 1.165) is 31.0 Å². The van der Waals surface area contributed by atoms with E-state index in [9.17, 15) is 0 Å². The first-order valence-corrected chi connectivity index (χ1v) is 10.5. The molecule has 0 fully saturated rings. The van der Waals surface area contributed by atoms with Gasteiger partial charge in [-0.05, 0) is 31.4 Å². The number of methoxy groups -OCH3 is 1. The minimum Gasteiger partial charge on any atom is -0.475 e. The molecule has 0 radical (unpaired) electrons. The third-order valence-electron chi connectivity index (χ3n) is 4.35. The van der Waals surface area contributed by atoms with Crippen molar-refractivity contribution < 1.29 is 14.2 Å². The quantitative estimate of drug-likeness (QED) is 0.297. The number of guanidine groups is 1. The third-order valence-corrected chi connectivity index (χ3v) is 4.35. The Morgan fingerprint density at radius 1 is 1.07 bits per heavy atom. The molecule has 0 saturated carbocycles. The molecule has 7 heteroatoms. The van der Waals surface area contributed by atoms with E-state index in [2.05, 4.69) is 46.6 Å². The Labute approximate surface area is 179 Å². The molecule has 30 heavy (non-hydrogen) atoms. The molecule has 0 aliphatic rings. The van der Waals surface area contributed by atoms with Crippen LogP contribution in [-0.4, -0.2) is 51.0 Å². The van der Waals surface area contributed by atoms with Gasteiger partial charge in [0.15, 0.2) is 5.96 Å². The number of aromatic nitrogens is 1. The van der Waals surface area contributed by atoms with Gasteiger partial charge in [-0.1, -0.05) is 36.4 Å². The minimum atomic E-state index is 0.0991. The van der Waals surface area contributed by atoms with Crippen LogP contribution >= 0.6 is 0 Å². The summed E-state index contributed by atoms with van der Waals surface area (Å²) in [6.45, 7) is 7.99. The Bertz CT molecular complexity index is 723. The first kappa shape index (κ1) is 23.6. The van der Waals surface area contributed by atoms with Gasteiger partial charge < -0.3 is 24.8 Å². The second-order valence-electron chi connectivity index (χ2n) is 6.75. The normalized spacial score (nSPS) is 12.4. The van der Waals surface area contributed by atoms with Crippen LogP contribution in [0.1, 0.15) is 37.5 Å². The van der Waals surface area contributed by atoms with Gasteiger partial charge >= 0.3 is 0 Å². The van der Waals surface area contributed by atoms with Crippen molar-refractivity contribution in [2.24, 2.45) is 4.99 Å². The highest BCUT2D eigenvalue weighted by atomic mass is 16.5. The SMILES string of the molecule is CCNC(=NCc1ccc(OCCOC)nc1)NCCCOC(C)c1ccccc1. The van der Waals surface area contributed by atoms with Crippen molar-refractivity contribution in [3.05, 3.63) is 59.8 Å². The van der Waals surface area contributed by atoms with Crippen LogP contribution in [0.25, 0.3) is 0 Å². The number of ether oxygens (including phenoxy) is 3. The Balaban J connectivity index is 1.70. The van der Waals surface area contributed by atoms with E-state index in [4.69, 9.17) is 14.2 Å². The number of rotatable bonds is 13. The van der Waals surface area contributed by atoms with Crippen LogP contribution in [0.2, 0.25) is 0 Å². The molecule has 2 aromatic rings. The summed E-state index contributed by atoms with van der Waals surface area (Å²) in [7, 11) is 1.64. The van der Waals surface area contributed by atoms with E-state index in [0.29, 0.717) is 32.2 Å². The van der Waals surface area contributed by atoms with Crippen LogP contribution in [0.3, 0.4) is 0 Å². The number of nitrogens with zero attached hydrogens (tertiary/aromatic N) is 2. The van der Waals surface area contributed by atoms with Gasteiger partial charge in [0.05, 0.1) is 19.3 Å². The average Bonchev–Trinajstić information content (AvgIpc) is 2.78. The van der Waals surface area contributed by atoms with Crippen LogP contribution < -0.4 is 15.4 Å². The van der Waals surface area contributed by atoms with Gasteiger partial charge in [0.1, 0.15) is 6.61 Å². The van der Waals surface area contributed by atoms with Crippen molar-refractivity contribution in [1.29, 1.82) is 0 Å². The summed E-state index contributed by atoms with van der Waals surface area (Å²) in [5.74, 6) is 1.38. The Morgan fingerprint density at radius 2 is 1.90 bits per heavy atom. The Morgan fingerprint density at radius 3 is 2.60 bits per heavy atom. The largest absolute Gasteiger partial charge is 0.475 e. The first-order valence-electron chi connectivity index (χ1n) is 10.5. The fourth-order valence-electron chi connectivity index (χ4n) is 2.69. The summed E-state index contributed by atoms with van der Waals surface area (Å²) < 4.78 is 16.4. The highest BCUT2D eigenvalue weighted by molar-refractivity contribution is 5.79. The third kappa shape index (κ3) is 9.24. The molecule has 164 valence electrons. The van der Waals surface area contributed by atoms with Crippen LogP contribution in [0.5, 0.6) is 5.88 Å². The van der Waals surface area contributed by atoms with E-state index in [1.165, 1.54) is 5.56 Å². The lowest BCUT2D eigenvalue weighted by Crippen LogP contribution is -2.38. The van der Waals surface area contributed by atoms with Crippen molar-refractivity contribution in [3.63, 3.8) is 0 Å². The van der Waals surface area contributed by atoms with Gasteiger partial charge in [0.2, 0.25) is 5.88 Å². The summed E-state index contributed by atoms with van der Waals surface area (Å²) in [6, 6.07) is 14.1. The van der Waals surface area contributed by atoms with Gasteiger partial charge in [0, 0.05) is 39.1 Å². The van der Waals surface area contributed by atoms with E-state index in [1.807, 2.05) is 30.3 Å². The zero-order valence-electron chi connectivity index (χ0n) is 18.3. The van der Waals surface area contributed by atoms with Crippen molar-refractivity contribution in [1.82, 2.24) is 15.6 Å². The molecular weight excluding hydrogens is 380 g/mol. The number of nitrogens with one attached hydrogen (secondary N) is 2. The Kier molecular flexibility index (Phi) is 11.3. The maximum Gasteiger partial charge on any atom is 0.213 e. The van der Waals surface area contributed by atoms with Crippen molar-refractivity contribution in [2.75, 3.05) is 40.0 Å². The lowest BCUT2D eigenvalue weighted by molar-refractivity contribution is 0.0646. The second kappa shape index (κ2) is 14.4. The molecule has 7 nitrogen and oxygen atoms in total. The molecule has 0 aliphatic carbocycles. The fraction of sp³-hybridized carbons (Fsp3) is 0.478. The lowest BCUT2D eigenvalue weighted by Gasteiger charge is -2.14. The zero-order chi connectivity index (χ0) is 21.4. The van der Waals surface area contributed by atoms with Crippen LogP contribution in [-0.2, 0) is 16.0 Å². The molecule has 0 saturated heterocycles. The zero-order valence-corrected chi connectivity index (χ0v) is 18.3. The summed E-state index contributed by atoms with van der Waals surface area (Å²) in [5, 5.41) is 6.61. The monoisotopic (exact) mass is 414 g/mol. The molecule has 0 bridgehead atoms. The summed E-state index contributed by atoms with van der Waals surface area (Å²) in [5.41, 5.74) is 2.22. The van der Waals surface area contributed by atoms with Gasteiger partial charge in [-0.3, -0.25) is 0 Å². The highest BCUT2D eigenvalue weighted by Crippen LogP contribution is 2.15. The van der Waals surface area contributed by atoms with E-state index in [-0.39, 0.29) is 6.10 Å². The van der Waals surface area contributed by atoms with Crippen LogP contribution in [0.4, 0.5) is 0 Å². The summed E-state index contributed by atoms with van der Waals surface area (Å²) >= 11 is 0. The molecule has 2 rings (SSSR count). The molecule has 2 N–H and O–H groups in total. The van der Waals surface area contributed by atoms with Gasteiger partial charge in [0.25, 0.3) is 0 Å². The molecule has 1 atom stereocenters. The number of pyridine rings is 1. The summed E-state index contributed by atoms with van der Waals surface area (Å²) in [4.78, 5) is 8.92. The van der Waals surface area contributed by atoms with E-state index >= 15 is 0 Å². The molecular formula is C23H34N4O3. The Hall–Kier alpha value is -2.64. The average molecular weight is 415 g/mol. The van der Waals surface area contributed by atoms with Crippen molar-refractivity contribution >= 4 is 5.96 Å². The van der Waals surface area contributed by atoms with Crippen LogP contribution in [0, 0.1) is 0 Å². The number of benzene rings is 1. The first-order chi connectivity index (χ1) is 14.7. The van der Waals surface area contributed by atoms with Crippen molar-refractivity contribution in [2.45, 2.75) is 32.9 Å². The fourth-order valence-corrected chi connectivity index (χ4v) is 2.69. The molecule has 0 aliphatic heterocycles. The van der Waals surface area contributed by atoms with Gasteiger partial charge in [-0.25, -0.2) is 9.98 Å². The topological polar surface area (TPSA) is 77.0 Å². The maximum atomic E-state index is 5.92. The number of aliphatic imine (C=N–C) groups is 1. The minimum absolute atomic E-state index is 0.0991. The highest BCUT2D eigenvalue weighted by Gasteiger charge is 2.04. The predicted molar refractivity (Wildman–Crippen MR) is 120 cm³/mol. The molecule has 1 heterocycles. The van der Waals surface area contributed by atoms with E-state index < -0.39 is 0 Å². The van der Waals surface area contributed by atoms with Gasteiger partial charge in [-0.15, -0.1) is 0 Å². The van der Waals surface area contributed by atoms with E-state index in [1.54, 1.807) is 13.3 Å². The second-order valence-corrected chi connectivity index (χ2v) is 6.75. The smallest absolute Gasteiger partial charge is 0.213 e. The molecule has 0 spiro atoms. The molecule has 1 aromatic heterocycles. The molecule has 0 amide bonds. The maximum absolute atomic E-state index is 5.92. The molecule has 1 aromatic carbocycles. The standard InChI is InChI=1S/C23H34N4O3/c1-4-24-23(25-13-8-14-29-19(2)21-9-6-5-7-10-21)27-18-20-11-12-22(26-17-20)30-16-15-28-3/h5-7,9-12,17,19H,4,8,13-16,18H2,1-3H3,(H2,24,25,27).